The maximum atomic E-state index is 11.3. The minimum atomic E-state index is -0.404. The Morgan fingerprint density at radius 3 is 2.44 bits per heavy atom. The molecule has 0 fully saturated rings. The number of rotatable bonds is 3. The van der Waals surface area contributed by atoms with Gasteiger partial charge in [0.15, 0.2) is 0 Å². The summed E-state index contributed by atoms with van der Waals surface area (Å²) >= 11 is 0. The van der Waals surface area contributed by atoms with Crippen LogP contribution in [-0.4, -0.2) is 13.0 Å². The number of ether oxygens (including phenoxy) is 1. The van der Waals surface area contributed by atoms with Crippen molar-refractivity contribution in [3.63, 3.8) is 0 Å². The van der Waals surface area contributed by atoms with Gasteiger partial charge in [0.1, 0.15) is 5.75 Å². The molecule has 1 amide bonds. The van der Waals surface area contributed by atoms with Gasteiger partial charge in [-0.05, 0) is 29.5 Å². The molecular formula is C13H19NO2. The smallest absolute Gasteiger partial charge is 0.249 e. The summed E-state index contributed by atoms with van der Waals surface area (Å²) in [5.41, 5.74) is 7.01. The van der Waals surface area contributed by atoms with Crippen LogP contribution < -0.4 is 10.5 Å². The summed E-state index contributed by atoms with van der Waals surface area (Å²) < 4.78 is 5.08. The van der Waals surface area contributed by atoms with Crippen LogP contribution in [0.2, 0.25) is 0 Å². The minimum absolute atomic E-state index is 0.124. The maximum absolute atomic E-state index is 11.3. The number of hydrogen-bond acceptors (Lipinski definition) is 2. The Kier molecular flexibility index (Phi) is 3.58. The maximum Gasteiger partial charge on any atom is 0.249 e. The molecule has 1 aromatic carbocycles. The molecular weight excluding hydrogens is 202 g/mol. The lowest BCUT2D eigenvalue weighted by Gasteiger charge is -2.20. The summed E-state index contributed by atoms with van der Waals surface area (Å²) in [5.74, 6) is 0.254. The number of methoxy groups -OCH3 is 1. The highest BCUT2D eigenvalue weighted by Crippen LogP contribution is 2.25. The van der Waals surface area contributed by atoms with Crippen molar-refractivity contribution in [3.8, 4) is 5.75 Å². The molecule has 0 saturated carbocycles. The second-order valence-corrected chi connectivity index (χ2v) is 5.12. The molecule has 0 atom stereocenters. The first-order valence-electron chi connectivity index (χ1n) is 5.30. The van der Waals surface area contributed by atoms with Crippen molar-refractivity contribution in [2.75, 3.05) is 7.11 Å². The summed E-state index contributed by atoms with van der Waals surface area (Å²) in [7, 11) is 1.57. The number of benzene rings is 1. The standard InChI is InChI=1S/C13H19NO2/c1-13(2,3)8-9-5-6-10(16-4)7-11(9)12(14)15/h5-7H,8H2,1-4H3,(H2,14,15). The topological polar surface area (TPSA) is 52.3 Å². The van der Waals surface area contributed by atoms with Crippen molar-refractivity contribution in [1.82, 2.24) is 0 Å². The van der Waals surface area contributed by atoms with Crippen LogP contribution in [0.15, 0.2) is 18.2 Å². The molecule has 2 N–H and O–H groups in total. The van der Waals surface area contributed by atoms with Gasteiger partial charge in [0, 0.05) is 5.56 Å². The van der Waals surface area contributed by atoms with Crippen molar-refractivity contribution in [2.45, 2.75) is 27.2 Å². The van der Waals surface area contributed by atoms with Gasteiger partial charge in [0.25, 0.3) is 0 Å². The average molecular weight is 221 g/mol. The molecule has 0 radical (unpaired) electrons. The molecule has 0 aromatic heterocycles. The van der Waals surface area contributed by atoms with E-state index in [0.717, 1.165) is 12.0 Å². The summed E-state index contributed by atoms with van der Waals surface area (Å²) in [4.78, 5) is 11.3. The minimum Gasteiger partial charge on any atom is -0.497 e. The highest BCUT2D eigenvalue weighted by atomic mass is 16.5. The zero-order valence-corrected chi connectivity index (χ0v) is 10.3. The quantitative estimate of drug-likeness (QED) is 0.852. The molecule has 16 heavy (non-hydrogen) atoms. The summed E-state index contributed by atoms with van der Waals surface area (Å²) in [6, 6.07) is 5.46. The Hall–Kier alpha value is -1.51. The average Bonchev–Trinajstić information content (AvgIpc) is 2.15. The molecule has 0 aliphatic carbocycles. The molecule has 1 rings (SSSR count). The van der Waals surface area contributed by atoms with E-state index < -0.39 is 5.91 Å². The second kappa shape index (κ2) is 4.56. The molecule has 88 valence electrons. The molecule has 0 saturated heterocycles. The Morgan fingerprint density at radius 1 is 1.38 bits per heavy atom. The zero-order chi connectivity index (χ0) is 12.3. The third-order valence-corrected chi connectivity index (χ3v) is 2.30. The summed E-state index contributed by atoms with van der Waals surface area (Å²) in [6.45, 7) is 6.38. The van der Waals surface area contributed by atoms with E-state index in [0.29, 0.717) is 11.3 Å². The van der Waals surface area contributed by atoms with Gasteiger partial charge >= 0.3 is 0 Å². The summed E-state index contributed by atoms with van der Waals surface area (Å²) in [5, 5.41) is 0. The predicted molar refractivity (Wildman–Crippen MR) is 64.7 cm³/mol. The highest BCUT2D eigenvalue weighted by Gasteiger charge is 2.16. The summed E-state index contributed by atoms with van der Waals surface area (Å²) in [6.07, 6.45) is 0.815. The van der Waals surface area contributed by atoms with E-state index in [1.807, 2.05) is 12.1 Å². The van der Waals surface area contributed by atoms with Gasteiger partial charge in [-0.1, -0.05) is 26.8 Å². The van der Waals surface area contributed by atoms with Crippen LogP contribution in [0.4, 0.5) is 0 Å². The van der Waals surface area contributed by atoms with Crippen LogP contribution in [-0.2, 0) is 6.42 Å². The van der Waals surface area contributed by atoms with E-state index in [4.69, 9.17) is 10.5 Å². The van der Waals surface area contributed by atoms with Gasteiger partial charge in [-0.25, -0.2) is 0 Å². The Balaban J connectivity index is 3.13. The fourth-order valence-corrected chi connectivity index (χ4v) is 1.64. The Labute approximate surface area is 96.6 Å². The first kappa shape index (κ1) is 12.6. The second-order valence-electron chi connectivity index (χ2n) is 5.12. The van der Waals surface area contributed by atoms with Gasteiger partial charge in [-0.2, -0.15) is 0 Å². The first-order valence-corrected chi connectivity index (χ1v) is 5.30. The highest BCUT2D eigenvalue weighted by molar-refractivity contribution is 5.94. The molecule has 1 aromatic rings. The third kappa shape index (κ3) is 3.26. The first-order chi connectivity index (χ1) is 7.33. The normalized spacial score (nSPS) is 11.2. The molecule has 3 heteroatoms. The van der Waals surface area contributed by atoms with Crippen LogP contribution in [0.5, 0.6) is 5.75 Å². The lowest BCUT2D eigenvalue weighted by molar-refractivity contribution is 0.0998. The number of hydrogen-bond donors (Lipinski definition) is 1. The fraction of sp³-hybridized carbons (Fsp3) is 0.462. The van der Waals surface area contributed by atoms with Gasteiger partial charge in [0.2, 0.25) is 5.91 Å². The largest absolute Gasteiger partial charge is 0.497 e. The monoisotopic (exact) mass is 221 g/mol. The van der Waals surface area contributed by atoms with E-state index in [1.54, 1.807) is 13.2 Å². The van der Waals surface area contributed by atoms with Crippen LogP contribution >= 0.6 is 0 Å². The van der Waals surface area contributed by atoms with Crippen molar-refractivity contribution in [3.05, 3.63) is 29.3 Å². The van der Waals surface area contributed by atoms with Crippen molar-refractivity contribution in [1.29, 1.82) is 0 Å². The van der Waals surface area contributed by atoms with E-state index in [-0.39, 0.29) is 5.41 Å². The van der Waals surface area contributed by atoms with Gasteiger partial charge < -0.3 is 10.5 Å². The molecule has 0 spiro atoms. The molecule has 0 heterocycles. The van der Waals surface area contributed by atoms with E-state index in [9.17, 15) is 4.79 Å². The number of nitrogens with two attached hydrogens (primary N) is 1. The Bertz CT molecular complexity index is 391. The fourth-order valence-electron chi connectivity index (χ4n) is 1.64. The van der Waals surface area contributed by atoms with Gasteiger partial charge in [0.05, 0.1) is 7.11 Å². The van der Waals surface area contributed by atoms with Crippen LogP contribution in [0.1, 0.15) is 36.7 Å². The molecule has 0 bridgehead atoms. The number of primary amides is 1. The van der Waals surface area contributed by atoms with Crippen molar-refractivity contribution < 1.29 is 9.53 Å². The van der Waals surface area contributed by atoms with Crippen molar-refractivity contribution in [2.24, 2.45) is 11.1 Å². The zero-order valence-electron chi connectivity index (χ0n) is 10.3. The third-order valence-electron chi connectivity index (χ3n) is 2.30. The van der Waals surface area contributed by atoms with Crippen LogP contribution in [0.3, 0.4) is 0 Å². The molecule has 0 unspecified atom stereocenters. The van der Waals surface area contributed by atoms with Gasteiger partial charge in [-0.3, -0.25) is 4.79 Å². The van der Waals surface area contributed by atoms with Crippen LogP contribution in [0.25, 0.3) is 0 Å². The Morgan fingerprint density at radius 2 is 2.00 bits per heavy atom. The van der Waals surface area contributed by atoms with E-state index in [1.165, 1.54) is 0 Å². The van der Waals surface area contributed by atoms with E-state index >= 15 is 0 Å². The molecule has 0 aliphatic heterocycles. The predicted octanol–water partition coefficient (Wildman–Crippen LogP) is 2.38. The number of carbonyl (C=O) groups excluding carboxylic acids is 1. The SMILES string of the molecule is COc1ccc(CC(C)(C)C)c(C(N)=O)c1. The number of amides is 1. The number of carbonyl (C=O) groups is 1. The van der Waals surface area contributed by atoms with Crippen LogP contribution in [0, 0.1) is 5.41 Å². The lowest BCUT2D eigenvalue weighted by atomic mass is 9.86. The van der Waals surface area contributed by atoms with E-state index in [2.05, 4.69) is 20.8 Å². The lowest BCUT2D eigenvalue weighted by Crippen LogP contribution is -2.17. The molecule has 3 nitrogen and oxygen atoms in total. The van der Waals surface area contributed by atoms with Gasteiger partial charge in [-0.15, -0.1) is 0 Å². The van der Waals surface area contributed by atoms with Crippen molar-refractivity contribution >= 4 is 5.91 Å². The molecule has 0 aliphatic rings.